The van der Waals surface area contributed by atoms with Gasteiger partial charge in [0.05, 0.1) is 5.60 Å². The molecule has 0 aliphatic heterocycles. The van der Waals surface area contributed by atoms with E-state index >= 15 is 0 Å². The monoisotopic (exact) mass is 168 g/mol. The number of rotatable bonds is 2. The summed E-state index contributed by atoms with van der Waals surface area (Å²) >= 11 is 0. The molecular weight excluding hydrogens is 148 g/mol. The number of hydrogen-bond donors (Lipinski definition) is 1. The van der Waals surface area contributed by atoms with Crippen molar-refractivity contribution in [1.29, 1.82) is 0 Å². The highest BCUT2D eigenvalue weighted by atomic mass is 16.3. The predicted molar refractivity (Wildman–Crippen MR) is 52.0 cm³/mol. The van der Waals surface area contributed by atoms with Gasteiger partial charge in [-0.1, -0.05) is 25.0 Å². The molecule has 0 radical (unpaired) electrons. The minimum atomic E-state index is -0.479. The maximum absolute atomic E-state index is 10.2. The Morgan fingerprint density at radius 3 is 2.75 bits per heavy atom. The second-order valence-corrected chi connectivity index (χ2v) is 4.21. The second-order valence-electron chi connectivity index (χ2n) is 4.21. The minimum absolute atomic E-state index is 0.479. The number of aliphatic hydroxyl groups is 1. The highest BCUT2D eigenvalue weighted by molar-refractivity contribution is 5.11. The van der Waals surface area contributed by atoms with Gasteiger partial charge in [0.2, 0.25) is 0 Å². The molecule has 0 aromatic heterocycles. The Labute approximate surface area is 75.5 Å². The quantitative estimate of drug-likeness (QED) is 0.629. The lowest BCUT2D eigenvalue weighted by Gasteiger charge is -2.26. The van der Waals surface area contributed by atoms with Crippen LogP contribution in [-0.2, 0) is 0 Å². The van der Waals surface area contributed by atoms with Crippen molar-refractivity contribution >= 4 is 0 Å². The molecule has 1 heteroatoms. The van der Waals surface area contributed by atoms with Crippen LogP contribution in [0.5, 0.6) is 0 Å². The van der Waals surface area contributed by atoms with Gasteiger partial charge in [0.25, 0.3) is 0 Å². The Morgan fingerprint density at radius 1 is 1.58 bits per heavy atom. The zero-order valence-corrected chi connectivity index (χ0v) is 8.43. The molecule has 1 fully saturated rings. The molecule has 12 heavy (non-hydrogen) atoms. The summed E-state index contributed by atoms with van der Waals surface area (Å²) in [5.41, 5.74) is 0.756. The van der Waals surface area contributed by atoms with E-state index in [4.69, 9.17) is 0 Å². The van der Waals surface area contributed by atoms with Gasteiger partial charge in [-0.15, -0.1) is 0 Å². The number of hydrogen-bond acceptors (Lipinski definition) is 1. The standard InChI is InChI=1S/C11H20O/c1-4-10-6-5-7-11(10,12)8-9(2)3/h8,10,12H,4-7H2,1-3H3. The van der Waals surface area contributed by atoms with Crippen molar-refractivity contribution in [3.63, 3.8) is 0 Å². The summed E-state index contributed by atoms with van der Waals surface area (Å²) in [5, 5.41) is 10.2. The molecule has 1 nitrogen and oxygen atoms in total. The smallest absolute Gasteiger partial charge is 0.0858 e. The van der Waals surface area contributed by atoms with Gasteiger partial charge < -0.3 is 5.11 Å². The lowest BCUT2D eigenvalue weighted by Crippen LogP contribution is -2.30. The number of allylic oxidation sites excluding steroid dienone is 1. The molecular formula is C11H20O. The topological polar surface area (TPSA) is 20.2 Å². The maximum atomic E-state index is 10.2. The summed E-state index contributed by atoms with van der Waals surface area (Å²) in [7, 11) is 0. The first-order valence-corrected chi connectivity index (χ1v) is 4.97. The molecule has 2 unspecified atom stereocenters. The van der Waals surface area contributed by atoms with Gasteiger partial charge in [-0.25, -0.2) is 0 Å². The highest BCUT2D eigenvalue weighted by Gasteiger charge is 2.37. The zero-order chi connectivity index (χ0) is 9.19. The van der Waals surface area contributed by atoms with Crippen LogP contribution in [0.1, 0.15) is 46.5 Å². The first-order valence-electron chi connectivity index (χ1n) is 4.97. The first kappa shape index (κ1) is 9.79. The lowest BCUT2D eigenvalue weighted by atomic mass is 9.87. The molecule has 0 spiro atoms. The summed E-state index contributed by atoms with van der Waals surface area (Å²) in [6.45, 7) is 6.28. The fourth-order valence-corrected chi connectivity index (χ4v) is 2.33. The Kier molecular flexibility index (Phi) is 2.94. The molecule has 1 rings (SSSR count). The van der Waals surface area contributed by atoms with E-state index in [2.05, 4.69) is 20.8 Å². The van der Waals surface area contributed by atoms with Crippen molar-refractivity contribution in [2.45, 2.75) is 52.1 Å². The van der Waals surface area contributed by atoms with Crippen LogP contribution in [0.3, 0.4) is 0 Å². The molecule has 1 N–H and O–H groups in total. The fourth-order valence-electron chi connectivity index (χ4n) is 2.33. The van der Waals surface area contributed by atoms with Crippen LogP contribution in [0.2, 0.25) is 0 Å². The van der Waals surface area contributed by atoms with Gasteiger partial charge >= 0.3 is 0 Å². The summed E-state index contributed by atoms with van der Waals surface area (Å²) in [6.07, 6.45) is 6.47. The zero-order valence-electron chi connectivity index (χ0n) is 8.43. The van der Waals surface area contributed by atoms with Gasteiger partial charge in [-0.05, 0) is 39.0 Å². The first-order chi connectivity index (χ1) is 5.58. The Bertz CT molecular complexity index is 179. The van der Waals surface area contributed by atoms with Crippen LogP contribution >= 0.6 is 0 Å². The highest BCUT2D eigenvalue weighted by Crippen LogP contribution is 2.39. The SMILES string of the molecule is CCC1CCCC1(O)C=C(C)C. The van der Waals surface area contributed by atoms with Crippen molar-refractivity contribution < 1.29 is 5.11 Å². The summed E-state index contributed by atoms with van der Waals surface area (Å²) in [5.74, 6) is 0.493. The van der Waals surface area contributed by atoms with Crippen LogP contribution in [0.25, 0.3) is 0 Å². The summed E-state index contributed by atoms with van der Waals surface area (Å²) in [6, 6.07) is 0. The van der Waals surface area contributed by atoms with Gasteiger partial charge in [0.1, 0.15) is 0 Å². The third-order valence-corrected chi connectivity index (χ3v) is 2.87. The molecule has 70 valence electrons. The second kappa shape index (κ2) is 3.61. The molecule has 0 bridgehead atoms. The third-order valence-electron chi connectivity index (χ3n) is 2.87. The summed E-state index contributed by atoms with van der Waals surface area (Å²) in [4.78, 5) is 0. The van der Waals surface area contributed by atoms with Crippen molar-refractivity contribution in [3.05, 3.63) is 11.6 Å². The molecule has 1 aliphatic rings. The van der Waals surface area contributed by atoms with Gasteiger partial charge in [0, 0.05) is 0 Å². The Hall–Kier alpha value is -0.300. The van der Waals surface area contributed by atoms with Crippen molar-refractivity contribution in [2.75, 3.05) is 0 Å². The molecule has 0 amide bonds. The molecule has 0 aromatic rings. The van der Waals surface area contributed by atoms with E-state index < -0.39 is 5.60 Å². The van der Waals surface area contributed by atoms with Crippen molar-refractivity contribution in [2.24, 2.45) is 5.92 Å². The molecule has 0 heterocycles. The van der Waals surface area contributed by atoms with E-state index in [1.54, 1.807) is 0 Å². The van der Waals surface area contributed by atoms with Gasteiger partial charge in [-0.3, -0.25) is 0 Å². The van der Waals surface area contributed by atoms with Crippen LogP contribution in [0.4, 0.5) is 0 Å². The molecule has 2 atom stereocenters. The molecule has 1 aliphatic carbocycles. The van der Waals surface area contributed by atoms with E-state index in [1.165, 1.54) is 18.4 Å². The molecule has 0 saturated heterocycles. The van der Waals surface area contributed by atoms with Crippen LogP contribution < -0.4 is 0 Å². The predicted octanol–water partition coefficient (Wildman–Crippen LogP) is 2.89. The average molecular weight is 168 g/mol. The maximum Gasteiger partial charge on any atom is 0.0858 e. The van der Waals surface area contributed by atoms with Crippen LogP contribution in [0, 0.1) is 5.92 Å². The lowest BCUT2D eigenvalue weighted by molar-refractivity contribution is 0.0487. The van der Waals surface area contributed by atoms with Crippen molar-refractivity contribution in [1.82, 2.24) is 0 Å². The minimum Gasteiger partial charge on any atom is -0.386 e. The average Bonchev–Trinajstić information content (AvgIpc) is 2.28. The fraction of sp³-hybridized carbons (Fsp3) is 0.818. The molecule has 1 saturated carbocycles. The van der Waals surface area contributed by atoms with Crippen LogP contribution in [0.15, 0.2) is 11.6 Å². The Morgan fingerprint density at radius 2 is 2.25 bits per heavy atom. The molecule has 0 aromatic carbocycles. The van der Waals surface area contributed by atoms with E-state index in [0.29, 0.717) is 5.92 Å². The van der Waals surface area contributed by atoms with Crippen LogP contribution in [-0.4, -0.2) is 10.7 Å². The summed E-state index contributed by atoms with van der Waals surface area (Å²) < 4.78 is 0. The van der Waals surface area contributed by atoms with E-state index in [9.17, 15) is 5.11 Å². The largest absolute Gasteiger partial charge is 0.386 e. The van der Waals surface area contributed by atoms with E-state index in [-0.39, 0.29) is 0 Å². The Balaban J connectivity index is 2.74. The van der Waals surface area contributed by atoms with Crippen molar-refractivity contribution in [3.8, 4) is 0 Å². The third kappa shape index (κ3) is 1.89. The van der Waals surface area contributed by atoms with E-state index in [1.807, 2.05) is 6.08 Å². The van der Waals surface area contributed by atoms with Gasteiger partial charge in [0.15, 0.2) is 0 Å². The normalized spacial score (nSPS) is 35.2. The van der Waals surface area contributed by atoms with Gasteiger partial charge in [-0.2, -0.15) is 0 Å². The van der Waals surface area contributed by atoms with E-state index in [0.717, 1.165) is 12.8 Å².